The van der Waals surface area contributed by atoms with Gasteiger partial charge in [-0.1, -0.05) is 24.3 Å². The van der Waals surface area contributed by atoms with E-state index < -0.39 is 0 Å². The van der Waals surface area contributed by atoms with Crippen molar-refractivity contribution < 1.29 is 4.79 Å². The van der Waals surface area contributed by atoms with Crippen LogP contribution in [0.15, 0.2) is 36.9 Å². The SMILES string of the molecule is C=CCC(C)NC(=O)c1ccccc1CCN. The molecule has 0 heterocycles. The molecule has 1 unspecified atom stereocenters. The Morgan fingerprint density at radius 1 is 1.53 bits per heavy atom. The van der Waals surface area contributed by atoms with Crippen LogP contribution >= 0.6 is 0 Å². The van der Waals surface area contributed by atoms with Crippen molar-refractivity contribution >= 4 is 5.91 Å². The smallest absolute Gasteiger partial charge is 0.251 e. The highest BCUT2D eigenvalue weighted by Crippen LogP contribution is 2.09. The van der Waals surface area contributed by atoms with E-state index in [0.717, 1.165) is 18.4 Å². The Kier molecular flexibility index (Phi) is 5.43. The van der Waals surface area contributed by atoms with Crippen molar-refractivity contribution in [3.05, 3.63) is 48.0 Å². The second-order valence-electron chi connectivity index (χ2n) is 4.09. The molecular formula is C14H20N2O. The van der Waals surface area contributed by atoms with Crippen molar-refractivity contribution in [2.24, 2.45) is 5.73 Å². The van der Waals surface area contributed by atoms with E-state index in [1.54, 1.807) is 6.08 Å². The summed E-state index contributed by atoms with van der Waals surface area (Å²) >= 11 is 0. The quantitative estimate of drug-likeness (QED) is 0.736. The van der Waals surface area contributed by atoms with Gasteiger partial charge in [-0.15, -0.1) is 6.58 Å². The highest BCUT2D eigenvalue weighted by molar-refractivity contribution is 5.95. The molecule has 3 nitrogen and oxygen atoms in total. The summed E-state index contributed by atoms with van der Waals surface area (Å²) in [6.45, 7) is 6.17. The monoisotopic (exact) mass is 232 g/mol. The summed E-state index contributed by atoms with van der Waals surface area (Å²) in [5.41, 5.74) is 7.25. The van der Waals surface area contributed by atoms with Gasteiger partial charge in [0.15, 0.2) is 0 Å². The summed E-state index contributed by atoms with van der Waals surface area (Å²) in [4.78, 5) is 12.0. The van der Waals surface area contributed by atoms with Crippen LogP contribution in [-0.4, -0.2) is 18.5 Å². The van der Waals surface area contributed by atoms with E-state index in [4.69, 9.17) is 5.73 Å². The van der Waals surface area contributed by atoms with E-state index >= 15 is 0 Å². The minimum Gasteiger partial charge on any atom is -0.349 e. The molecule has 0 saturated heterocycles. The summed E-state index contributed by atoms with van der Waals surface area (Å²) < 4.78 is 0. The van der Waals surface area contributed by atoms with Crippen LogP contribution in [0.3, 0.4) is 0 Å². The van der Waals surface area contributed by atoms with Crippen LogP contribution in [0.1, 0.15) is 29.3 Å². The molecule has 1 aromatic carbocycles. The van der Waals surface area contributed by atoms with Crippen LogP contribution in [-0.2, 0) is 6.42 Å². The first-order valence-electron chi connectivity index (χ1n) is 5.88. The maximum absolute atomic E-state index is 12.0. The van der Waals surface area contributed by atoms with Crippen molar-refractivity contribution in [3.63, 3.8) is 0 Å². The zero-order valence-corrected chi connectivity index (χ0v) is 10.3. The molecule has 3 heteroatoms. The Morgan fingerprint density at radius 2 is 2.24 bits per heavy atom. The number of benzene rings is 1. The Labute approximate surface area is 103 Å². The number of amides is 1. The molecule has 0 aliphatic carbocycles. The zero-order valence-electron chi connectivity index (χ0n) is 10.3. The molecule has 1 aromatic rings. The maximum atomic E-state index is 12.0. The first-order valence-corrected chi connectivity index (χ1v) is 5.88. The zero-order chi connectivity index (χ0) is 12.7. The third-order valence-electron chi connectivity index (χ3n) is 2.57. The van der Waals surface area contributed by atoms with E-state index in [-0.39, 0.29) is 11.9 Å². The third kappa shape index (κ3) is 4.04. The molecule has 0 bridgehead atoms. The van der Waals surface area contributed by atoms with Crippen molar-refractivity contribution in [1.82, 2.24) is 5.32 Å². The van der Waals surface area contributed by atoms with Crippen LogP contribution < -0.4 is 11.1 Å². The van der Waals surface area contributed by atoms with Crippen molar-refractivity contribution in [2.75, 3.05) is 6.54 Å². The second-order valence-corrected chi connectivity index (χ2v) is 4.09. The molecule has 17 heavy (non-hydrogen) atoms. The molecule has 1 atom stereocenters. The summed E-state index contributed by atoms with van der Waals surface area (Å²) in [6, 6.07) is 7.68. The average Bonchev–Trinajstić information content (AvgIpc) is 2.30. The van der Waals surface area contributed by atoms with Crippen LogP contribution in [0.2, 0.25) is 0 Å². The summed E-state index contributed by atoms with van der Waals surface area (Å²) in [5, 5.41) is 2.94. The van der Waals surface area contributed by atoms with Crippen molar-refractivity contribution in [2.45, 2.75) is 25.8 Å². The normalized spacial score (nSPS) is 11.9. The topological polar surface area (TPSA) is 55.1 Å². The van der Waals surface area contributed by atoms with Gasteiger partial charge in [0.05, 0.1) is 0 Å². The lowest BCUT2D eigenvalue weighted by molar-refractivity contribution is 0.0939. The number of nitrogens with two attached hydrogens (primary N) is 1. The lowest BCUT2D eigenvalue weighted by Crippen LogP contribution is -2.32. The number of carbonyl (C=O) groups is 1. The molecule has 3 N–H and O–H groups in total. The Morgan fingerprint density at radius 3 is 2.88 bits per heavy atom. The lowest BCUT2D eigenvalue weighted by Gasteiger charge is -2.14. The molecule has 1 rings (SSSR count). The van der Waals surface area contributed by atoms with Crippen LogP contribution in [0.25, 0.3) is 0 Å². The molecule has 0 radical (unpaired) electrons. The molecule has 0 fully saturated rings. The molecular weight excluding hydrogens is 212 g/mol. The molecule has 0 aliphatic rings. The number of carbonyl (C=O) groups excluding carboxylic acids is 1. The first kappa shape index (κ1) is 13.5. The Balaban J connectivity index is 2.77. The summed E-state index contributed by atoms with van der Waals surface area (Å²) in [5.74, 6) is -0.0385. The highest BCUT2D eigenvalue weighted by atomic mass is 16.1. The number of hydrogen-bond acceptors (Lipinski definition) is 2. The van der Waals surface area contributed by atoms with Gasteiger partial charge in [-0.05, 0) is 37.9 Å². The van der Waals surface area contributed by atoms with Crippen LogP contribution in [0.4, 0.5) is 0 Å². The molecule has 0 spiro atoms. The minimum absolute atomic E-state index is 0.0385. The Hall–Kier alpha value is -1.61. The van der Waals surface area contributed by atoms with E-state index in [9.17, 15) is 4.79 Å². The standard InChI is InChI=1S/C14H20N2O/c1-3-6-11(2)16-14(17)13-8-5-4-7-12(13)9-10-15/h3-5,7-8,11H,1,6,9-10,15H2,2H3,(H,16,17). The van der Waals surface area contributed by atoms with Crippen LogP contribution in [0.5, 0.6) is 0 Å². The molecule has 0 saturated carbocycles. The molecule has 0 aromatic heterocycles. The van der Waals surface area contributed by atoms with Gasteiger partial charge in [-0.2, -0.15) is 0 Å². The van der Waals surface area contributed by atoms with E-state index in [1.807, 2.05) is 31.2 Å². The van der Waals surface area contributed by atoms with Crippen LogP contribution in [0, 0.1) is 0 Å². The van der Waals surface area contributed by atoms with E-state index in [1.165, 1.54) is 0 Å². The predicted octanol–water partition coefficient (Wildman–Crippen LogP) is 1.88. The van der Waals surface area contributed by atoms with Gasteiger partial charge in [0.25, 0.3) is 5.91 Å². The van der Waals surface area contributed by atoms with Gasteiger partial charge in [-0.3, -0.25) is 4.79 Å². The van der Waals surface area contributed by atoms with Gasteiger partial charge in [0.1, 0.15) is 0 Å². The summed E-state index contributed by atoms with van der Waals surface area (Å²) in [7, 11) is 0. The molecule has 92 valence electrons. The van der Waals surface area contributed by atoms with Gasteiger partial charge in [0.2, 0.25) is 0 Å². The van der Waals surface area contributed by atoms with Crippen molar-refractivity contribution in [1.29, 1.82) is 0 Å². The number of rotatable bonds is 6. The molecule has 0 aliphatic heterocycles. The first-order chi connectivity index (χ1) is 8.19. The lowest BCUT2D eigenvalue weighted by atomic mass is 10.0. The third-order valence-corrected chi connectivity index (χ3v) is 2.57. The predicted molar refractivity (Wildman–Crippen MR) is 70.9 cm³/mol. The minimum atomic E-state index is -0.0385. The second kappa shape index (κ2) is 6.86. The number of hydrogen-bond donors (Lipinski definition) is 2. The van der Waals surface area contributed by atoms with Gasteiger partial charge in [0, 0.05) is 11.6 Å². The fraction of sp³-hybridized carbons (Fsp3) is 0.357. The fourth-order valence-electron chi connectivity index (χ4n) is 1.73. The van der Waals surface area contributed by atoms with Gasteiger partial charge >= 0.3 is 0 Å². The van der Waals surface area contributed by atoms with E-state index in [0.29, 0.717) is 12.1 Å². The fourth-order valence-corrected chi connectivity index (χ4v) is 1.73. The largest absolute Gasteiger partial charge is 0.349 e. The average molecular weight is 232 g/mol. The highest BCUT2D eigenvalue weighted by Gasteiger charge is 2.11. The Bertz CT molecular complexity index is 388. The number of nitrogens with one attached hydrogen (secondary N) is 1. The van der Waals surface area contributed by atoms with Gasteiger partial charge in [-0.25, -0.2) is 0 Å². The van der Waals surface area contributed by atoms with E-state index in [2.05, 4.69) is 11.9 Å². The van der Waals surface area contributed by atoms with Gasteiger partial charge < -0.3 is 11.1 Å². The molecule has 1 amide bonds. The van der Waals surface area contributed by atoms with Crippen molar-refractivity contribution in [3.8, 4) is 0 Å². The summed E-state index contributed by atoms with van der Waals surface area (Å²) in [6.07, 6.45) is 3.29. The maximum Gasteiger partial charge on any atom is 0.251 e.